The summed E-state index contributed by atoms with van der Waals surface area (Å²) in [6.07, 6.45) is 6.66. The molecule has 4 nitrogen and oxygen atoms in total. The van der Waals surface area contributed by atoms with Crippen molar-refractivity contribution in [2.24, 2.45) is 29.1 Å². The first-order chi connectivity index (χ1) is 8.20. The first kappa shape index (κ1) is 9.83. The van der Waals surface area contributed by atoms with E-state index in [-0.39, 0.29) is 54.1 Å². The Morgan fingerprint density at radius 2 is 1.71 bits per heavy atom. The van der Waals surface area contributed by atoms with Crippen LogP contribution in [0, 0.1) is 29.1 Å². The van der Waals surface area contributed by atoms with Gasteiger partial charge in [-0.3, -0.25) is 14.5 Å². The van der Waals surface area contributed by atoms with E-state index in [0.717, 1.165) is 0 Å². The molecular weight excluding hydrogens is 218 g/mol. The van der Waals surface area contributed by atoms with Gasteiger partial charge in [0.05, 0.1) is 25.0 Å². The molecule has 17 heavy (non-hydrogen) atoms. The second kappa shape index (κ2) is 2.80. The number of aliphatic hydroxyl groups is 1. The van der Waals surface area contributed by atoms with E-state index < -0.39 is 0 Å². The summed E-state index contributed by atoms with van der Waals surface area (Å²) < 4.78 is 0. The minimum atomic E-state index is -0.134. The van der Waals surface area contributed by atoms with E-state index in [4.69, 9.17) is 5.11 Å². The normalized spacial score (nSPS) is 43.9. The van der Waals surface area contributed by atoms with Gasteiger partial charge in [0.25, 0.3) is 0 Å². The van der Waals surface area contributed by atoms with Crippen molar-refractivity contribution in [3.05, 3.63) is 12.2 Å². The van der Waals surface area contributed by atoms with Crippen molar-refractivity contribution in [1.82, 2.24) is 4.90 Å². The Morgan fingerprint density at radius 1 is 1.18 bits per heavy atom. The molecule has 90 valence electrons. The van der Waals surface area contributed by atoms with Crippen molar-refractivity contribution in [3.63, 3.8) is 0 Å². The Bertz CT molecular complexity index is 418. The number of likely N-dealkylation sites (tertiary alicyclic amines) is 1. The molecule has 1 spiro atoms. The Kier molecular flexibility index (Phi) is 1.62. The average Bonchev–Trinajstić information content (AvgIpc) is 2.93. The number of nitrogens with zero attached hydrogens (tertiary/aromatic N) is 1. The molecule has 3 fully saturated rings. The van der Waals surface area contributed by atoms with Crippen LogP contribution in [0.5, 0.6) is 0 Å². The minimum absolute atomic E-state index is 0.0443. The summed E-state index contributed by atoms with van der Waals surface area (Å²) >= 11 is 0. The molecule has 1 saturated heterocycles. The van der Waals surface area contributed by atoms with Gasteiger partial charge in [-0.25, -0.2) is 0 Å². The fourth-order valence-electron chi connectivity index (χ4n) is 4.46. The predicted octanol–water partition coefficient (Wildman–Crippen LogP) is 0.176. The van der Waals surface area contributed by atoms with Crippen LogP contribution in [0.1, 0.15) is 12.8 Å². The van der Waals surface area contributed by atoms with E-state index in [1.807, 2.05) is 0 Å². The van der Waals surface area contributed by atoms with Gasteiger partial charge in [-0.1, -0.05) is 12.2 Å². The van der Waals surface area contributed by atoms with E-state index in [2.05, 4.69) is 12.2 Å². The second-order valence-corrected chi connectivity index (χ2v) is 5.77. The Labute approximate surface area is 99.3 Å². The van der Waals surface area contributed by atoms with Gasteiger partial charge >= 0.3 is 0 Å². The third-order valence-electron chi connectivity index (χ3n) is 5.27. The molecule has 0 aromatic heterocycles. The van der Waals surface area contributed by atoms with Crippen LogP contribution in [0.25, 0.3) is 0 Å². The van der Waals surface area contributed by atoms with Gasteiger partial charge in [-0.2, -0.15) is 0 Å². The van der Waals surface area contributed by atoms with Crippen molar-refractivity contribution < 1.29 is 14.7 Å². The third kappa shape index (κ3) is 0.910. The van der Waals surface area contributed by atoms with Gasteiger partial charge in [0.2, 0.25) is 11.8 Å². The zero-order valence-corrected chi connectivity index (χ0v) is 9.50. The molecule has 0 radical (unpaired) electrons. The highest BCUT2D eigenvalue weighted by atomic mass is 16.3. The predicted molar refractivity (Wildman–Crippen MR) is 58.6 cm³/mol. The lowest BCUT2D eigenvalue weighted by Gasteiger charge is -2.20. The van der Waals surface area contributed by atoms with Gasteiger partial charge in [0.1, 0.15) is 0 Å². The number of β-amino-alcohol motifs (C(OH)–C–C–N with tert-alkyl or cyclic N) is 1. The summed E-state index contributed by atoms with van der Waals surface area (Å²) in [5.74, 6) is 0.253. The van der Waals surface area contributed by atoms with Crippen LogP contribution in [-0.4, -0.2) is 35.0 Å². The number of imide groups is 1. The zero-order valence-electron chi connectivity index (χ0n) is 9.50. The Balaban J connectivity index is 1.74. The lowest BCUT2D eigenvalue weighted by Crippen LogP contribution is -2.36. The van der Waals surface area contributed by atoms with Crippen molar-refractivity contribution >= 4 is 11.8 Å². The maximum Gasteiger partial charge on any atom is 0.233 e. The Hall–Kier alpha value is -1.16. The van der Waals surface area contributed by atoms with Gasteiger partial charge in [0, 0.05) is 0 Å². The average molecular weight is 233 g/mol. The highest BCUT2D eigenvalue weighted by molar-refractivity contribution is 6.06. The van der Waals surface area contributed by atoms with Crippen molar-refractivity contribution in [2.75, 3.05) is 13.2 Å². The number of hydrogen-bond acceptors (Lipinski definition) is 3. The summed E-state index contributed by atoms with van der Waals surface area (Å²) in [4.78, 5) is 25.8. The summed E-state index contributed by atoms with van der Waals surface area (Å²) in [5, 5.41) is 8.93. The number of allylic oxidation sites excluding steroid dienone is 2. The van der Waals surface area contributed by atoms with E-state index in [9.17, 15) is 9.59 Å². The number of amides is 2. The Morgan fingerprint density at radius 3 is 2.12 bits per heavy atom. The summed E-state index contributed by atoms with van der Waals surface area (Å²) in [6, 6.07) is 0. The summed E-state index contributed by atoms with van der Waals surface area (Å²) in [5.41, 5.74) is 0.270. The second-order valence-electron chi connectivity index (χ2n) is 5.77. The van der Waals surface area contributed by atoms with Crippen LogP contribution in [0.4, 0.5) is 0 Å². The maximum atomic E-state index is 12.3. The van der Waals surface area contributed by atoms with Crippen LogP contribution >= 0.6 is 0 Å². The quantitative estimate of drug-likeness (QED) is 0.546. The van der Waals surface area contributed by atoms with Crippen molar-refractivity contribution in [1.29, 1.82) is 0 Å². The van der Waals surface area contributed by atoms with Crippen LogP contribution in [0.3, 0.4) is 0 Å². The maximum absolute atomic E-state index is 12.3. The lowest BCUT2D eigenvalue weighted by atomic mass is 9.85. The number of aliphatic hydroxyl groups excluding tert-OH is 1. The SMILES string of the molecule is O=C1[C@@H]2[C@@H](C(=O)N1CCO)[C@H]1C=C[C@H]2C12CC2. The molecule has 1 heterocycles. The van der Waals surface area contributed by atoms with Gasteiger partial charge in [-0.05, 0) is 30.1 Å². The van der Waals surface area contributed by atoms with Gasteiger partial charge < -0.3 is 5.11 Å². The first-order valence-corrected chi connectivity index (χ1v) is 6.35. The molecule has 0 unspecified atom stereocenters. The monoisotopic (exact) mass is 233 g/mol. The molecule has 1 aliphatic heterocycles. The highest BCUT2D eigenvalue weighted by Crippen LogP contribution is 2.73. The van der Waals surface area contributed by atoms with Crippen LogP contribution in [-0.2, 0) is 9.59 Å². The smallest absolute Gasteiger partial charge is 0.233 e. The molecule has 3 aliphatic carbocycles. The fourth-order valence-corrected chi connectivity index (χ4v) is 4.46. The molecule has 4 atom stereocenters. The standard InChI is InChI=1S/C13H15NO3/c15-6-5-14-11(16)9-7-1-2-8(10(9)12(14)17)13(7)3-4-13/h1-2,7-10,15H,3-6H2/t7-,8-,9+,10+/m1/s1. The molecule has 1 N–H and O–H groups in total. The van der Waals surface area contributed by atoms with Gasteiger partial charge in [-0.15, -0.1) is 0 Å². The van der Waals surface area contributed by atoms with E-state index >= 15 is 0 Å². The van der Waals surface area contributed by atoms with Gasteiger partial charge in [0.15, 0.2) is 0 Å². The lowest BCUT2D eigenvalue weighted by molar-refractivity contribution is -0.141. The third-order valence-corrected chi connectivity index (χ3v) is 5.27. The highest BCUT2D eigenvalue weighted by Gasteiger charge is 2.73. The van der Waals surface area contributed by atoms with Crippen LogP contribution < -0.4 is 0 Å². The summed E-state index contributed by atoms with van der Waals surface area (Å²) in [7, 11) is 0. The largest absolute Gasteiger partial charge is 0.395 e. The molecule has 0 aromatic carbocycles. The van der Waals surface area contributed by atoms with Crippen molar-refractivity contribution in [2.45, 2.75) is 12.8 Å². The van der Waals surface area contributed by atoms with Crippen molar-refractivity contribution in [3.8, 4) is 0 Å². The number of carbonyl (C=O) groups excluding carboxylic acids is 2. The van der Waals surface area contributed by atoms with E-state index in [1.54, 1.807) is 0 Å². The number of carbonyl (C=O) groups is 2. The molecule has 2 amide bonds. The zero-order chi connectivity index (χ0) is 11.8. The van der Waals surface area contributed by atoms with E-state index in [0.29, 0.717) is 0 Å². The molecule has 2 bridgehead atoms. The molecular formula is C13H15NO3. The summed E-state index contributed by atoms with van der Waals surface area (Å²) in [6.45, 7) is 0.0297. The molecule has 0 aromatic rings. The topological polar surface area (TPSA) is 57.6 Å². The van der Waals surface area contributed by atoms with E-state index in [1.165, 1.54) is 17.7 Å². The number of fused-ring (bicyclic) bond motifs is 3. The molecule has 4 heteroatoms. The molecule has 4 aliphatic rings. The minimum Gasteiger partial charge on any atom is -0.395 e. The number of rotatable bonds is 2. The number of hydrogen-bond donors (Lipinski definition) is 1. The molecule has 4 rings (SSSR count). The first-order valence-electron chi connectivity index (χ1n) is 6.35. The fraction of sp³-hybridized carbons (Fsp3) is 0.692. The van der Waals surface area contributed by atoms with Crippen LogP contribution in [0.2, 0.25) is 0 Å². The molecule has 2 saturated carbocycles. The van der Waals surface area contributed by atoms with Crippen LogP contribution in [0.15, 0.2) is 12.2 Å².